The molecule has 0 amide bonds. The Bertz CT molecular complexity index is 258. The van der Waals surface area contributed by atoms with Crippen LogP contribution >= 0.6 is 69.6 Å². The molecule has 0 bridgehead atoms. The van der Waals surface area contributed by atoms with Gasteiger partial charge in [0.15, 0.2) is 0 Å². The van der Waals surface area contributed by atoms with Crippen LogP contribution in [0.1, 0.15) is 0 Å². The van der Waals surface area contributed by atoms with E-state index in [1.165, 1.54) is 0 Å². The fourth-order valence-corrected chi connectivity index (χ4v) is 0. The minimum Gasteiger partial charge on any atom is -0.199 e. The first kappa shape index (κ1) is 29.7. The second kappa shape index (κ2) is 9.20. The highest BCUT2D eigenvalue weighted by Gasteiger charge is 2.56. The first-order valence-electron chi connectivity index (χ1n) is 4.15. The summed E-state index contributed by atoms with van der Waals surface area (Å²) < 4.78 is 129. The largest absolute Gasteiger partial charge is 0.469 e. The Morgan fingerprint density at radius 2 is 0.458 bits per heavy atom. The SMILES string of the molecule is FC(F)(Cl)C(F)(Cl)Cl.FC(F)(Cl)C(F)(F)Cl.FC(F)(F)C(F)(F)Cl. The van der Waals surface area contributed by atoms with E-state index in [4.69, 9.17) is 0 Å². The molecule has 0 heterocycles. The maximum atomic E-state index is 11.5. The van der Waals surface area contributed by atoms with E-state index in [1.807, 2.05) is 0 Å². The van der Waals surface area contributed by atoms with E-state index < -0.39 is 32.3 Å². The number of alkyl halides is 18. The Labute approximate surface area is 154 Å². The third kappa shape index (κ3) is 14.1. The van der Waals surface area contributed by atoms with Gasteiger partial charge >= 0.3 is 32.3 Å². The maximum Gasteiger partial charge on any atom is 0.469 e. The monoisotopic (exact) mass is 510 g/mol. The van der Waals surface area contributed by atoms with Crippen molar-refractivity contribution in [2.24, 2.45) is 0 Å². The Morgan fingerprint density at radius 1 is 0.333 bits per heavy atom. The van der Waals surface area contributed by atoms with E-state index in [9.17, 15) is 52.7 Å². The summed E-state index contributed by atoms with van der Waals surface area (Å²) >= 11 is 23.6. The second-order valence-electron chi connectivity index (χ2n) is 2.99. The molecule has 0 aromatic heterocycles. The summed E-state index contributed by atoms with van der Waals surface area (Å²) in [5.74, 6) is 0. The van der Waals surface area contributed by atoms with Crippen molar-refractivity contribution >= 4 is 69.6 Å². The number of hydrogen-bond donors (Lipinski definition) is 0. The van der Waals surface area contributed by atoms with Crippen LogP contribution < -0.4 is 0 Å². The molecule has 0 nitrogen and oxygen atoms in total. The molecule has 0 aromatic rings. The van der Waals surface area contributed by atoms with Crippen molar-refractivity contribution in [2.75, 3.05) is 0 Å². The molecule has 0 aliphatic carbocycles. The number of rotatable bonds is 2. The van der Waals surface area contributed by atoms with Crippen LogP contribution in [-0.4, -0.2) is 32.3 Å². The standard InChI is InChI=1S/C2Cl3F3.C2Cl2F4.C2ClF5/c3-1(4,6)2(5,7)8;3-1(5,6)2(4,7)8;3-1(4,5)2(6,7)8. The number of halogens is 18. The van der Waals surface area contributed by atoms with E-state index in [0.29, 0.717) is 0 Å². The van der Waals surface area contributed by atoms with Gasteiger partial charge in [-0.3, -0.25) is 0 Å². The van der Waals surface area contributed by atoms with Crippen LogP contribution in [0.2, 0.25) is 0 Å². The van der Waals surface area contributed by atoms with Crippen molar-refractivity contribution in [1.29, 1.82) is 0 Å². The normalized spacial score (nSPS) is 14.2. The molecule has 0 aromatic carbocycles. The minimum atomic E-state index is -5.63. The summed E-state index contributed by atoms with van der Waals surface area (Å²) in [6.45, 7) is 0. The van der Waals surface area contributed by atoms with Crippen molar-refractivity contribution in [2.45, 2.75) is 32.3 Å². The highest BCUT2D eigenvalue weighted by Crippen LogP contribution is 2.42. The van der Waals surface area contributed by atoms with Gasteiger partial charge in [-0.05, 0) is 46.4 Å². The van der Waals surface area contributed by atoms with Crippen LogP contribution in [0.15, 0.2) is 0 Å². The lowest BCUT2D eigenvalue weighted by Gasteiger charge is -2.13. The average Bonchev–Trinajstić information content (AvgIpc) is 2.08. The van der Waals surface area contributed by atoms with Crippen molar-refractivity contribution in [3.63, 3.8) is 0 Å². The van der Waals surface area contributed by atoms with Crippen LogP contribution in [0.3, 0.4) is 0 Å². The van der Waals surface area contributed by atoms with Gasteiger partial charge in [0.2, 0.25) is 0 Å². The zero-order valence-corrected chi connectivity index (χ0v) is 14.3. The molecule has 0 N–H and O–H groups in total. The molecule has 0 aliphatic rings. The van der Waals surface area contributed by atoms with Crippen molar-refractivity contribution < 1.29 is 52.7 Å². The predicted octanol–water partition coefficient (Wildman–Crippen LogP) is 7.95. The van der Waals surface area contributed by atoms with Gasteiger partial charge in [-0.15, -0.1) is 0 Å². The molecule has 0 rings (SSSR count). The first-order valence-corrected chi connectivity index (χ1v) is 6.42. The van der Waals surface area contributed by atoms with Gasteiger partial charge in [-0.1, -0.05) is 23.2 Å². The maximum absolute atomic E-state index is 11.5. The van der Waals surface area contributed by atoms with Gasteiger partial charge in [0.1, 0.15) is 0 Å². The van der Waals surface area contributed by atoms with E-state index >= 15 is 0 Å². The third-order valence-electron chi connectivity index (χ3n) is 0.964. The average molecular weight is 513 g/mol. The lowest BCUT2D eigenvalue weighted by molar-refractivity contribution is -0.241. The molecule has 0 saturated carbocycles. The molecule has 0 spiro atoms. The van der Waals surface area contributed by atoms with Crippen molar-refractivity contribution in [3.8, 4) is 0 Å². The van der Waals surface area contributed by atoms with Gasteiger partial charge in [-0.2, -0.15) is 52.7 Å². The molecule has 0 aliphatic heterocycles. The van der Waals surface area contributed by atoms with Crippen LogP contribution in [-0.2, 0) is 0 Å². The summed E-state index contributed by atoms with van der Waals surface area (Å²) in [6, 6.07) is 0. The third-order valence-corrected chi connectivity index (χ3v) is 2.68. The van der Waals surface area contributed by atoms with Crippen LogP contribution in [0.4, 0.5) is 52.7 Å². The summed E-state index contributed by atoms with van der Waals surface area (Å²) in [5, 5.41) is -18.6. The molecule has 150 valence electrons. The highest BCUT2D eigenvalue weighted by molar-refractivity contribution is 6.51. The summed E-state index contributed by atoms with van der Waals surface area (Å²) in [4.78, 5) is 0. The lowest BCUT2D eigenvalue weighted by Crippen LogP contribution is -2.29. The molecule has 0 radical (unpaired) electrons. The van der Waals surface area contributed by atoms with Gasteiger partial charge in [-0.25, -0.2) is 0 Å². The second-order valence-corrected chi connectivity index (χ2v) is 6.12. The lowest BCUT2D eigenvalue weighted by atomic mass is 10.7. The Kier molecular flexibility index (Phi) is 11.4. The zero-order chi connectivity index (χ0) is 21.0. The molecule has 0 saturated heterocycles. The van der Waals surface area contributed by atoms with Gasteiger partial charge in [0.05, 0.1) is 0 Å². The van der Waals surface area contributed by atoms with Crippen molar-refractivity contribution in [1.82, 2.24) is 0 Å². The van der Waals surface area contributed by atoms with E-state index in [0.717, 1.165) is 0 Å². The van der Waals surface area contributed by atoms with Gasteiger partial charge < -0.3 is 0 Å². The van der Waals surface area contributed by atoms with Crippen LogP contribution in [0.5, 0.6) is 0 Å². The van der Waals surface area contributed by atoms with Crippen molar-refractivity contribution in [3.05, 3.63) is 0 Å². The minimum absolute atomic E-state index is 3.55. The summed E-state index contributed by atoms with van der Waals surface area (Å²) in [6.07, 6.45) is -5.63. The molecule has 18 heteroatoms. The van der Waals surface area contributed by atoms with Crippen LogP contribution in [0, 0.1) is 0 Å². The Hall–Kier alpha value is 0.900. The molecule has 0 unspecified atom stereocenters. The van der Waals surface area contributed by atoms with E-state index in [2.05, 4.69) is 69.6 Å². The molecular formula is C6Cl6F12. The van der Waals surface area contributed by atoms with E-state index in [-0.39, 0.29) is 0 Å². The Morgan fingerprint density at radius 3 is 0.458 bits per heavy atom. The molecule has 0 fully saturated rings. The number of hydrogen-bond acceptors (Lipinski definition) is 0. The first-order chi connectivity index (χ1) is 9.75. The summed E-state index contributed by atoms with van der Waals surface area (Å²) in [5.41, 5.74) is 0. The highest BCUT2D eigenvalue weighted by atomic mass is 35.5. The van der Waals surface area contributed by atoms with Gasteiger partial charge in [0, 0.05) is 0 Å². The zero-order valence-electron chi connectivity index (χ0n) is 9.80. The molecular weight excluding hydrogens is 513 g/mol. The van der Waals surface area contributed by atoms with Gasteiger partial charge in [0.25, 0.3) is 0 Å². The quantitative estimate of drug-likeness (QED) is 0.260. The predicted molar refractivity (Wildman–Crippen MR) is 64.8 cm³/mol. The fraction of sp³-hybridized carbons (Fsp3) is 1.00. The van der Waals surface area contributed by atoms with E-state index in [1.54, 1.807) is 0 Å². The molecule has 0 atom stereocenters. The smallest absolute Gasteiger partial charge is 0.199 e. The van der Waals surface area contributed by atoms with Crippen LogP contribution in [0.25, 0.3) is 0 Å². The summed E-state index contributed by atoms with van der Waals surface area (Å²) in [7, 11) is 0. The Balaban J connectivity index is -0.000000276. The molecule has 24 heavy (non-hydrogen) atoms. The fourth-order valence-electron chi connectivity index (χ4n) is 0. The topological polar surface area (TPSA) is 0 Å².